The Morgan fingerprint density at radius 3 is 2.93 bits per heavy atom. The molecule has 0 saturated carbocycles. The standard InChI is InChI=1S/C13H22O2/c1-2-3-4-7-12(14)9-10-13-8-5-6-11-15-13/h1,12-14H,3-11H2. The van der Waals surface area contributed by atoms with E-state index in [1.54, 1.807) is 0 Å². The highest BCUT2D eigenvalue weighted by molar-refractivity contribution is 4.83. The van der Waals surface area contributed by atoms with Gasteiger partial charge < -0.3 is 9.84 Å². The minimum atomic E-state index is -0.191. The van der Waals surface area contributed by atoms with Gasteiger partial charge in [0.2, 0.25) is 0 Å². The second-order valence-electron chi connectivity index (χ2n) is 4.32. The number of terminal acetylenes is 1. The third kappa shape index (κ3) is 5.81. The molecule has 2 unspecified atom stereocenters. The number of unbranched alkanes of at least 4 members (excludes halogenated alkanes) is 1. The van der Waals surface area contributed by atoms with Crippen LogP contribution in [0.4, 0.5) is 0 Å². The molecule has 0 bridgehead atoms. The van der Waals surface area contributed by atoms with Gasteiger partial charge in [-0.05, 0) is 44.9 Å². The van der Waals surface area contributed by atoms with Crippen molar-refractivity contribution in [2.75, 3.05) is 6.61 Å². The Balaban J connectivity index is 2.00. The smallest absolute Gasteiger partial charge is 0.0576 e. The first-order valence-corrected chi connectivity index (χ1v) is 6.06. The summed E-state index contributed by atoms with van der Waals surface area (Å²) >= 11 is 0. The van der Waals surface area contributed by atoms with E-state index in [1.165, 1.54) is 12.8 Å². The van der Waals surface area contributed by atoms with Crippen LogP contribution in [0.3, 0.4) is 0 Å². The summed E-state index contributed by atoms with van der Waals surface area (Å²) < 4.78 is 5.61. The van der Waals surface area contributed by atoms with Crippen LogP contribution in [0.2, 0.25) is 0 Å². The van der Waals surface area contributed by atoms with E-state index in [0.717, 1.165) is 45.1 Å². The largest absolute Gasteiger partial charge is 0.393 e. The van der Waals surface area contributed by atoms with Crippen molar-refractivity contribution >= 4 is 0 Å². The Bertz CT molecular complexity index is 189. The topological polar surface area (TPSA) is 29.5 Å². The second kappa shape index (κ2) is 7.73. The van der Waals surface area contributed by atoms with Crippen molar-refractivity contribution in [2.24, 2.45) is 0 Å². The molecule has 0 radical (unpaired) electrons. The molecule has 1 fully saturated rings. The van der Waals surface area contributed by atoms with Gasteiger partial charge in [0.05, 0.1) is 12.2 Å². The fraction of sp³-hybridized carbons (Fsp3) is 0.846. The van der Waals surface area contributed by atoms with Crippen molar-refractivity contribution in [3.8, 4) is 12.3 Å². The van der Waals surface area contributed by atoms with Gasteiger partial charge in [-0.2, -0.15) is 0 Å². The number of aliphatic hydroxyl groups is 1. The van der Waals surface area contributed by atoms with Crippen LogP contribution in [0.15, 0.2) is 0 Å². The SMILES string of the molecule is C#CCCCC(O)CCC1CCCCO1. The van der Waals surface area contributed by atoms with E-state index in [2.05, 4.69) is 5.92 Å². The van der Waals surface area contributed by atoms with E-state index in [0.29, 0.717) is 6.10 Å². The molecule has 1 aliphatic rings. The van der Waals surface area contributed by atoms with Crippen LogP contribution in [0.5, 0.6) is 0 Å². The molecule has 0 aromatic rings. The highest BCUT2D eigenvalue weighted by atomic mass is 16.5. The minimum absolute atomic E-state index is 0.191. The van der Waals surface area contributed by atoms with E-state index in [-0.39, 0.29) is 6.10 Å². The summed E-state index contributed by atoms with van der Waals surface area (Å²) in [6.45, 7) is 0.901. The van der Waals surface area contributed by atoms with Gasteiger partial charge in [-0.25, -0.2) is 0 Å². The summed E-state index contributed by atoms with van der Waals surface area (Å²) in [4.78, 5) is 0. The van der Waals surface area contributed by atoms with Crippen LogP contribution in [-0.4, -0.2) is 23.9 Å². The molecule has 0 aromatic carbocycles. The fourth-order valence-electron chi connectivity index (χ4n) is 2.00. The van der Waals surface area contributed by atoms with Crippen LogP contribution in [-0.2, 0) is 4.74 Å². The molecule has 1 rings (SSSR count). The zero-order chi connectivity index (χ0) is 10.9. The van der Waals surface area contributed by atoms with Gasteiger partial charge in [0.1, 0.15) is 0 Å². The summed E-state index contributed by atoms with van der Waals surface area (Å²) in [6.07, 6.45) is 13.4. The molecular formula is C13H22O2. The van der Waals surface area contributed by atoms with E-state index in [9.17, 15) is 5.11 Å². The quantitative estimate of drug-likeness (QED) is 0.539. The average Bonchev–Trinajstić information content (AvgIpc) is 2.28. The molecule has 2 nitrogen and oxygen atoms in total. The third-order valence-electron chi connectivity index (χ3n) is 2.95. The molecule has 1 N–H and O–H groups in total. The molecular weight excluding hydrogens is 188 g/mol. The first-order valence-electron chi connectivity index (χ1n) is 6.06. The predicted molar refractivity (Wildman–Crippen MR) is 61.5 cm³/mol. The maximum absolute atomic E-state index is 9.68. The highest BCUT2D eigenvalue weighted by Crippen LogP contribution is 2.18. The van der Waals surface area contributed by atoms with Gasteiger partial charge in [-0.1, -0.05) is 0 Å². The van der Waals surface area contributed by atoms with Crippen LogP contribution >= 0.6 is 0 Å². The van der Waals surface area contributed by atoms with Crippen molar-refractivity contribution in [1.29, 1.82) is 0 Å². The summed E-state index contributed by atoms with van der Waals surface area (Å²) in [7, 11) is 0. The number of aliphatic hydroxyl groups excluding tert-OH is 1. The van der Waals surface area contributed by atoms with Crippen LogP contribution < -0.4 is 0 Å². The van der Waals surface area contributed by atoms with Crippen LogP contribution in [0.1, 0.15) is 51.4 Å². The lowest BCUT2D eigenvalue weighted by Crippen LogP contribution is -2.21. The molecule has 1 saturated heterocycles. The van der Waals surface area contributed by atoms with Gasteiger partial charge in [0.15, 0.2) is 0 Å². The molecule has 2 heteroatoms. The monoisotopic (exact) mass is 210 g/mol. The number of ether oxygens (including phenoxy) is 1. The van der Waals surface area contributed by atoms with Crippen molar-refractivity contribution in [3.63, 3.8) is 0 Å². The van der Waals surface area contributed by atoms with Gasteiger partial charge >= 0.3 is 0 Å². The van der Waals surface area contributed by atoms with E-state index < -0.39 is 0 Å². The lowest BCUT2D eigenvalue weighted by Gasteiger charge is -2.23. The van der Waals surface area contributed by atoms with Crippen molar-refractivity contribution in [2.45, 2.75) is 63.6 Å². The molecule has 0 spiro atoms. The Morgan fingerprint density at radius 2 is 2.27 bits per heavy atom. The maximum atomic E-state index is 9.68. The van der Waals surface area contributed by atoms with Crippen LogP contribution in [0.25, 0.3) is 0 Å². The summed E-state index contributed by atoms with van der Waals surface area (Å²) in [5.41, 5.74) is 0. The minimum Gasteiger partial charge on any atom is -0.393 e. The summed E-state index contributed by atoms with van der Waals surface area (Å²) in [6, 6.07) is 0. The first-order chi connectivity index (χ1) is 7.33. The Kier molecular flexibility index (Phi) is 6.47. The number of hydrogen-bond donors (Lipinski definition) is 1. The van der Waals surface area contributed by atoms with E-state index >= 15 is 0 Å². The molecule has 15 heavy (non-hydrogen) atoms. The fourth-order valence-corrected chi connectivity index (χ4v) is 2.00. The average molecular weight is 210 g/mol. The van der Waals surface area contributed by atoms with E-state index in [1.807, 2.05) is 0 Å². The molecule has 0 aliphatic carbocycles. The number of rotatable bonds is 6. The lowest BCUT2D eigenvalue weighted by atomic mass is 10.0. The Labute approximate surface area is 93.0 Å². The third-order valence-corrected chi connectivity index (χ3v) is 2.95. The van der Waals surface area contributed by atoms with Crippen LogP contribution in [0, 0.1) is 12.3 Å². The molecule has 2 atom stereocenters. The molecule has 1 aliphatic heterocycles. The Morgan fingerprint density at radius 1 is 1.40 bits per heavy atom. The lowest BCUT2D eigenvalue weighted by molar-refractivity contribution is 0.00165. The normalized spacial score (nSPS) is 23.3. The molecule has 86 valence electrons. The molecule has 0 amide bonds. The summed E-state index contributed by atoms with van der Waals surface area (Å²) in [5.74, 6) is 2.59. The highest BCUT2D eigenvalue weighted by Gasteiger charge is 2.15. The second-order valence-corrected chi connectivity index (χ2v) is 4.32. The zero-order valence-electron chi connectivity index (χ0n) is 9.45. The van der Waals surface area contributed by atoms with Crippen molar-refractivity contribution in [3.05, 3.63) is 0 Å². The number of hydrogen-bond acceptors (Lipinski definition) is 2. The van der Waals surface area contributed by atoms with Gasteiger partial charge in [-0.15, -0.1) is 12.3 Å². The zero-order valence-corrected chi connectivity index (χ0v) is 9.45. The van der Waals surface area contributed by atoms with Gasteiger partial charge in [-0.3, -0.25) is 0 Å². The molecule has 0 aromatic heterocycles. The molecule has 1 heterocycles. The summed E-state index contributed by atoms with van der Waals surface area (Å²) in [5, 5.41) is 9.68. The van der Waals surface area contributed by atoms with Gasteiger partial charge in [0.25, 0.3) is 0 Å². The predicted octanol–water partition coefficient (Wildman–Crippen LogP) is 2.50. The van der Waals surface area contributed by atoms with Crippen molar-refractivity contribution in [1.82, 2.24) is 0 Å². The van der Waals surface area contributed by atoms with Gasteiger partial charge in [0, 0.05) is 13.0 Å². The maximum Gasteiger partial charge on any atom is 0.0576 e. The Hall–Kier alpha value is -0.520. The first kappa shape index (κ1) is 12.5. The van der Waals surface area contributed by atoms with Crippen molar-refractivity contribution < 1.29 is 9.84 Å². The van der Waals surface area contributed by atoms with E-state index in [4.69, 9.17) is 11.2 Å².